The van der Waals surface area contributed by atoms with Crippen molar-refractivity contribution in [2.75, 3.05) is 45.9 Å². The van der Waals surface area contributed by atoms with E-state index in [1.165, 1.54) is 24.0 Å². The summed E-state index contributed by atoms with van der Waals surface area (Å²) in [6.07, 6.45) is 8.28. The smallest absolute Gasteiger partial charge is 0.193 e. The fourth-order valence-corrected chi connectivity index (χ4v) is 4.81. The first kappa shape index (κ1) is 23.5. The zero-order chi connectivity index (χ0) is 20.1. The van der Waals surface area contributed by atoms with Gasteiger partial charge in [-0.3, -0.25) is 9.89 Å². The minimum atomic E-state index is 0. The molecule has 5 nitrogen and oxygen atoms in total. The number of guanidine groups is 1. The molecule has 3 aliphatic rings. The van der Waals surface area contributed by atoms with E-state index in [4.69, 9.17) is 9.73 Å². The number of benzene rings is 1. The zero-order valence-corrected chi connectivity index (χ0v) is 20.8. The monoisotopic (exact) mass is 524 g/mol. The average Bonchev–Trinajstić information content (AvgIpc) is 3.44. The molecular weight excluding hydrogens is 487 g/mol. The van der Waals surface area contributed by atoms with Crippen molar-refractivity contribution in [2.45, 2.75) is 45.3 Å². The van der Waals surface area contributed by atoms with E-state index in [9.17, 15) is 0 Å². The van der Waals surface area contributed by atoms with E-state index in [-0.39, 0.29) is 30.1 Å². The Morgan fingerprint density at radius 3 is 2.67 bits per heavy atom. The standard InChI is InChI=1S/C24H36N4O.HI/c1-3-25-24(28-15-12-22(18-28)27-13-4-5-14-27)26-17-21-7-6-16-29-23(21)20-10-8-19(2)9-11-20;/h4-5,8-11,21-23H,3,6-7,12-18H2,1-2H3,(H,25,26);1H. The number of likely N-dealkylation sites (tertiary alicyclic amines) is 1. The van der Waals surface area contributed by atoms with Gasteiger partial charge in [0.15, 0.2) is 5.96 Å². The predicted octanol–water partition coefficient (Wildman–Crippen LogP) is 3.99. The number of rotatable bonds is 5. The van der Waals surface area contributed by atoms with E-state index in [1.807, 2.05) is 0 Å². The van der Waals surface area contributed by atoms with Crippen molar-refractivity contribution in [3.8, 4) is 0 Å². The third-order valence-electron chi connectivity index (χ3n) is 6.49. The number of aliphatic imine (C=N–C) groups is 1. The topological polar surface area (TPSA) is 40.1 Å². The summed E-state index contributed by atoms with van der Waals surface area (Å²) < 4.78 is 6.20. The van der Waals surface area contributed by atoms with Gasteiger partial charge in [0.25, 0.3) is 0 Å². The van der Waals surface area contributed by atoms with Crippen LogP contribution in [0.2, 0.25) is 0 Å². The van der Waals surface area contributed by atoms with Gasteiger partial charge in [-0.1, -0.05) is 42.0 Å². The van der Waals surface area contributed by atoms with Crippen molar-refractivity contribution in [1.29, 1.82) is 0 Å². The van der Waals surface area contributed by atoms with E-state index in [2.05, 4.69) is 65.4 Å². The maximum absolute atomic E-state index is 6.20. The maximum atomic E-state index is 6.20. The van der Waals surface area contributed by atoms with Crippen LogP contribution in [0.4, 0.5) is 0 Å². The van der Waals surface area contributed by atoms with Crippen LogP contribution in [0.25, 0.3) is 0 Å². The van der Waals surface area contributed by atoms with Crippen LogP contribution in [0.1, 0.15) is 43.4 Å². The molecule has 0 aliphatic carbocycles. The molecule has 0 spiro atoms. The Morgan fingerprint density at radius 1 is 1.17 bits per heavy atom. The second-order valence-electron chi connectivity index (χ2n) is 8.61. The summed E-state index contributed by atoms with van der Waals surface area (Å²) in [5, 5.41) is 3.54. The Labute approximate surface area is 199 Å². The Morgan fingerprint density at radius 2 is 1.93 bits per heavy atom. The number of ether oxygens (including phenoxy) is 1. The second kappa shape index (κ2) is 11.5. The molecule has 2 fully saturated rings. The Bertz CT molecular complexity index is 712. The quantitative estimate of drug-likeness (QED) is 0.274. The Hall–Kier alpha value is -1.12. The number of nitrogens with zero attached hydrogens (tertiary/aromatic N) is 3. The number of hydrogen-bond donors (Lipinski definition) is 1. The van der Waals surface area contributed by atoms with Crippen molar-refractivity contribution < 1.29 is 4.74 Å². The van der Waals surface area contributed by atoms with Gasteiger partial charge in [0.2, 0.25) is 0 Å². The molecule has 1 aromatic carbocycles. The van der Waals surface area contributed by atoms with Crippen molar-refractivity contribution >= 4 is 29.9 Å². The van der Waals surface area contributed by atoms with Crippen LogP contribution in [-0.2, 0) is 4.74 Å². The van der Waals surface area contributed by atoms with Gasteiger partial charge >= 0.3 is 0 Å². The van der Waals surface area contributed by atoms with Crippen molar-refractivity contribution in [3.63, 3.8) is 0 Å². The summed E-state index contributed by atoms with van der Waals surface area (Å²) in [5.41, 5.74) is 2.59. The first-order valence-electron chi connectivity index (χ1n) is 11.3. The largest absolute Gasteiger partial charge is 0.373 e. The molecule has 3 unspecified atom stereocenters. The summed E-state index contributed by atoms with van der Waals surface area (Å²) >= 11 is 0. The SMILES string of the molecule is CCNC(=NCC1CCCOC1c1ccc(C)cc1)N1CCC(N2CC=CC2)C1.I. The second-order valence-corrected chi connectivity index (χ2v) is 8.61. The minimum absolute atomic E-state index is 0. The van der Waals surface area contributed by atoms with Gasteiger partial charge in [-0.15, -0.1) is 24.0 Å². The lowest BCUT2D eigenvalue weighted by Crippen LogP contribution is -2.43. The molecule has 1 aromatic rings. The van der Waals surface area contributed by atoms with Gasteiger partial charge in [-0.05, 0) is 38.7 Å². The van der Waals surface area contributed by atoms with E-state index < -0.39 is 0 Å². The average molecular weight is 524 g/mol. The molecule has 0 amide bonds. The molecule has 30 heavy (non-hydrogen) atoms. The van der Waals surface area contributed by atoms with Crippen LogP contribution in [-0.4, -0.2) is 67.7 Å². The number of aryl methyl sites for hydroxylation is 1. The van der Waals surface area contributed by atoms with E-state index in [0.29, 0.717) is 12.0 Å². The van der Waals surface area contributed by atoms with Crippen molar-refractivity contribution in [3.05, 3.63) is 47.5 Å². The molecular formula is C24H37IN4O. The number of halogens is 1. The van der Waals surface area contributed by atoms with Gasteiger partial charge in [-0.25, -0.2) is 0 Å². The lowest BCUT2D eigenvalue weighted by atomic mass is 9.89. The third-order valence-corrected chi connectivity index (χ3v) is 6.49. The van der Waals surface area contributed by atoms with E-state index >= 15 is 0 Å². The lowest BCUT2D eigenvalue weighted by Gasteiger charge is -2.32. The minimum Gasteiger partial charge on any atom is -0.373 e. The van der Waals surface area contributed by atoms with Gasteiger partial charge < -0.3 is 15.0 Å². The van der Waals surface area contributed by atoms with Gasteiger partial charge in [0.1, 0.15) is 0 Å². The molecule has 0 aromatic heterocycles. The molecule has 2 saturated heterocycles. The first-order valence-corrected chi connectivity index (χ1v) is 11.3. The summed E-state index contributed by atoms with van der Waals surface area (Å²) in [6, 6.07) is 9.47. The van der Waals surface area contributed by atoms with Crippen LogP contribution in [0.5, 0.6) is 0 Å². The summed E-state index contributed by atoms with van der Waals surface area (Å²) in [4.78, 5) is 10.1. The molecule has 3 atom stereocenters. The fourth-order valence-electron chi connectivity index (χ4n) is 4.81. The Balaban J connectivity index is 0.00000256. The maximum Gasteiger partial charge on any atom is 0.193 e. The summed E-state index contributed by atoms with van der Waals surface area (Å²) in [5.74, 6) is 1.52. The molecule has 1 N–H and O–H groups in total. The molecule has 6 heteroatoms. The molecule has 3 aliphatic heterocycles. The van der Waals surface area contributed by atoms with Crippen LogP contribution in [0.15, 0.2) is 41.4 Å². The Kier molecular flexibility index (Phi) is 9.01. The number of hydrogen-bond acceptors (Lipinski definition) is 3. The molecule has 0 bridgehead atoms. The summed E-state index contributed by atoms with van der Waals surface area (Å²) in [6.45, 7) is 11.3. The van der Waals surface area contributed by atoms with Crippen LogP contribution < -0.4 is 5.32 Å². The van der Waals surface area contributed by atoms with E-state index in [0.717, 1.165) is 58.3 Å². The highest BCUT2D eigenvalue weighted by Crippen LogP contribution is 2.34. The molecule has 4 rings (SSSR count). The third kappa shape index (κ3) is 5.77. The molecule has 0 radical (unpaired) electrons. The van der Waals surface area contributed by atoms with E-state index in [1.54, 1.807) is 0 Å². The lowest BCUT2D eigenvalue weighted by molar-refractivity contribution is -0.0250. The highest BCUT2D eigenvalue weighted by Gasteiger charge is 2.31. The molecule has 0 saturated carbocycles. The predicted molar refractivity (Wildman–Crippen MR) is 135 cm³/mol. The highest BCUT2D eigenvalue weighted by molar-refractivity contribution is 14.0. The van der Waals surface area contributed by atoms with Gasteiger partial charge in [0, 0.05) is 57.8 Å². The fraction of sp³-hybridized carbons (Fsp3) is 0.625. The molecule has 166 valence electrons. The van der Waals surface area contributed by atoms with Crippen LogP contribution >= 0.6 is 24.0 Å². The summed E-state index contributed by atoms with van der Waals surface area (Å²) in [7, 11) is 0. The van der Waals surface area contributed by atoms with Gasteiger partial charge in [0.05, 0.1) is 6.10 Å². The van der Waals surface area contributed by atoms with Crippen LogP contribution in [0, 0.1) is 12.8 Å². The van der Waals surface area contributed by atoms with Crippen molar-refractivity contribution in [2.24, 2.45) is 10.9 Å². The number of nitrogens with one attached hydrogen (secondary N) is 1. The molecule has 3 heterocycles. The first-order chi connectivity index (χ1) is 14.2. The highest BCUT2D eigenvalue weighted by atomic mass is 127. The zero-order valence-electron chi connectivity index (χ0n) is 18.4. The van der Waals surface area contributed by atoms with Crippen molar-refractivity contribution in [1.82, 2.24) is 15.1 Å². The normalized spacial score (nSPS) is 27.3. The van der Waals surface area contributed by atoms with Crippen LogP contribution in [0.3, 0.4) is 0 Å². The van der Waals surface area contributed by atoms with Gasteiger partial charge in [-0.2, -0.15) is 0 Å².